The quantitative estimate of drug-likeness (QED) is 0.275. The molecule has 0 atom stereocenters. The van der Waals surface area contributed by atoms with Crippen LogP contribution in [-0.2, 0) is 0 Å². The molecular formula is C30H26FN7O. The Balaban J connectivity index is 1.20. The van der Waals surface area contributed by atoms with Gasteiger partial charge in [-0.05, 0) is 80.0 Å². The van der Waals surface area contributed by atoms with Gasteiger partial charge in [0.2, 0.25) is 0 Å². The topological polar surface area (TPSA) is 95.6 Å². The molecule has 194 valence electrons. The molecule has 0 bridgehead atoms. The summed E-state index contributed by atoms with van der Waals surface area (Å²) in [4.78, 5) is 19.6. The number of aromatic amines is 2. The fourth-order valence-electron chi connectivity index (χ4n) is 5.20. The van der Waals surface area contributed by atoms with E-state index in [0.29, 0.717) is 29.3 Å². The number of rotatable bonds is 7. The van der Waals surface area contributed by atoms with E-state index >= 15 is 0 Å². The molecule has 1 fully saturated rings. The molecule has 2 aromatic carbocycles. The van der Waals surface area contributed by atoms with Crippen LogP contribution in [0.15, 0.2) is 73.2 Å². The van der Waals surface area contributed by atoms with E-state index in [-0.39, 0.29) is 5.82 Å². The van der Waals surface area contributed by atoms with Crippen LogP contribution in [0.3, 0.4) is 0 Å². The lowest BCUT2D eigenvalue weighted by Crippen LogP contribution is -2.25. The number of likely N-dealkylation sites (tertiary alicyclic amines) is 1. The van der Waals surface area contributed by atoms with E-state index in [9.17, 15) is 4.39 Å². The van der Waals surface area contributed by atoms with Crippen LogP contribution in [0, 0.1) is 5.82 Å². The summed E-state index contributed by atoms with van der Waals surface area (Å²) in [6.07, 6.45) is 7.87. The van der Waals surface area contributed by atoms with Crippen LogP contribution in [0.1, 0.15) is 12.8 Å². The van der Waals surface area contributed by atoms with Crippen molar-refractivity contribution >= 4 is 21.9 Å². The molecule has 39 heavy (non-hydrogen) atoms. The van der Waals surface area contributed by atoms with Crippen molar-refractivity contribution in [2.45, 2.75) is 12.8 Å². The molecule has 8 nitrogen and oxygen atoms in total. The highest BCUT2D eigenvalue weighted by atomic mass is 19.1. The first-order chi connectivity index (χ1) is 19.2. The molecule has 6 aromatic rings. The Morgan fingerprint density at radius 3 is 2.59 bits per heavy atom. The smallest absolute Gasteiger partial charge is 0.159 e. The minimum absolute atomic E-state index is 0.290. The molecule has 0 radical (unpaired) electrons. The Hall–Kier alpha value is -4.63. The summed E-state index contributed by atoms with van der Waals surface area (Å²) in [6, 6.07) is 16.3. The number of hydrogen-bond donors (Lipinski definition) is 2. The molecule has 5 heterocycles. The van der Waals surface area contributed by atoms with Crippen LogP contribution in [0.25, 0.3) is 55.8 Å². The van der Waals surface area contributed by atoms with Gasteiger partial charge in [0, 0.05) is 35.5 Å². The number of H-pyrrole nitrogens is 2. The van der Waals surface area contributed by atoms with Gasteiger partial charge in [0.25, 0.3) is 0 Å². The van der Waals surface area contributed by atoms with Crippen molar-refractivity contribution in [2.75, 3.05) is 26.2 Å². The largest absolute Gasteiger partial charge is 0.491 e. The standard InChI is InChI=1S/C30H26FN7O/c31-22-6-3-19(4-7-22)27-29-26(9-10-33-27)34-30(35-29)28-24-16-20(5-8-25(24)36-37-28)21-15-23(18-32-17-21)39-14-13-38-11-1-2-12-38/h3-10,15-18H,1-2,11-14H2,(H,34,35)(H,36,37). The van der Waals surface area contributed by atoms with Crippen LogP contribution in [0.2, 0.25) is 0 Å². The molecule has 0 saturated carbocycles. The fourth-order valence-corrected chi connectivity index (χ4v) is 5.20. The fraction of sp³-hybridized carbons (Fsp3) is 0.200. The Morgan fingerprint density at radius 2 is 1.72 bits per heavy atom. The highest BCUT2D eigenvalue weighted by Gasteiger charge is 2.17. The Kier molecular flexibility index (Phi) is 5.97. The van der Waals surface area contributed by atoms with Gasteiger partial charge in [0.05, 0.1) is 22.9 Å². The highest BCUT2D eigenvalue weighted by Crippen LogP contribution is 2.33. The van der Waals surface area contributed by atoms with E-state index in [4.69, 9.17) is 9.72 Å². The van der Waals surface area contributed by atoms with E-state index in [2.05, 4.69) is 36.1 Å². The van der Waals surface area contributed by atoms with Crippen molar-refractivity contribution < 1.29 is 9.13 Å². The van der Waals surface area contributed by atoms with E-state index in [1.807, 2.05) is 30.5 Å². The minimum atomic E-state index is -0.290. The second-order valence-corrected chi connectivity index (χ2v) is 9.79. The van der Waals surface area contributed by atoms with Crippen molar-refractivity contribution in [3.8, 4) is 39.7 Å². The second kappa shape index (κ2) is 9.92. The first-order valence-electron chi connectivity index (χ1n) is 13.1. The maximum atomic E-state index is 13.5. The SMILES string of the molecule is Fc1ccc(-c2nccc3[nH]c(-c4n[nH]c5ccc(-c6cncc(OCCN7CCCC7)c6)cc45)nc23)cc1. The number of benzene rings is 2. The predicted molar refractivity (Wildman–Crippen MR) is 149 cm³/mol. The third-order valence-corrected chi connectivity index (χ3v) is 7.23. The number of nitrogens with one attached hydrogen (secondary N) is 2. The van der Waals surface area contributed by atoms with Gasteiger partial charge in [-0.2, -0.15) is 5.10 Å². The summed E-state index contributed by atoms with van der Waals surface area (Å²) in [5.74, 6) is 1.10. The molecule has 2 N–H and O–H groups in total. The van der Waals surface area contributed by atoms with Gasteiger partial charge in [-0.15, -0.1) is 0 Å². The molecule has 1 aliphatic rings. The molecule has 1 saturated heterocycles. The third-order valence-electron chi connectivity index (χ3n) is 7.23. The monoisotopic (exact) mass is 519 g/mol. The second-order valence-electron chi connectivity index (χ2n) is 9.79. The van der Waals surface area contributed by atoms with E-state index < -0.39 is 0 Å². The Bertz CT molecular complexity index is 1770. The maximum Gasteiger partial charge on any atom is 0.159 e. The van der Waals surface area contributed by atoms with Crippen LogP contribution < -0.4 is 4.74 Å². The van der Waals surface area contributed by atoms with Crippen LogP contribution in [0.4, 0.5) is 4.39 Å². The molecular weight excluding hydrogens is 493 g/mol. The zero-order chi connectivity index (χ0) is 26.2. The summed E-state index contributed by atoms with van der Waals surface area (Å²) in [6.45, 7) is 3.90. The normalized spacial score (nSPS) is 14.0. The molecule has 1 aliphatic heterocycles. The van der Waals surface area contributed by atoms with Crippen molar-refractivity contribution in [3.05, 3.63) is 79.0 Å². The minimum Gasteiger partial charge on any atom is -0.491 e. The van der Waals surface area contributed by atoms with Gasteiger partial charge in [-0.1, -0.05) is 6.07 Å². The molecule has 7 rings (SSSR count). The molecule has 0 aliphatic carbocycles. The average molecular weight is 520 g/mol. The van der Waals surface area contributed by atoms with Crippen LogP contribution >= 0.6 is 0 Å². The first-order valence-corrected chi connectivity index (χ1v) is 13.1. The summed E-state index contributed by atoms with van der Waals surface area (Å²) >= 11 is 0. The number of imidazole rings is 1. The summed E-state index contributed by atoms with van der Waals surface area (Å²) in [5.41, 5.74) is 6.59. The van der Waals surface area contributed by atoms with E-state index in [0.717, 1.165) is 58.5 Å². The zero-order valence-electron chi connectivity index (χ0n) is 21.2. The van der Waals surface area contributed by atoms with Crippen molar-refractivity contribution in [3.63, 3.8) is 0 Å². The Labute approximate surface area is 223 Å². The number of pyridine rings is 2. The third kappa shape index (κ3) is 4.61. The van der Waals surface area contributed by atoms with E-state index in [1.54, 1.807) is 24.5 Å². The lowest BCUT2D eigenvalue weighted by Gasteiger charge is -2.15. The van der Waals surface area contributed by atoms with E-state index in [1.165, 1.54) is 25.0 Å². The summed E-state index contributed by atoms with van der Waals surface area (Å²) in [5, 5.41) is 8.62. The van der Waals surface area contributed by atoms with Gasteiger partial charge in [-0.3, -0.25) is 20.0 Å². The van der Waals surface area contributed by atoms with Crippen LogP contribution in [-0.4, -0.2) is 61.3 Å². The number of hydrogen-bond acceptors (Lipinski definition) is 6. The summed E-state index contributed by atoms with van der Waals surface area (Å²) < 4.78 is 19.5. The van der Waals surface area contributed by atoms with Gasteiger partial charge < -0.3 is 9.72 Å². The van der Waals surface area contributed by atoms with Crippen LogP contribution in [0.5, 0.6) is 5.75 Å². The maximum absolute atomic E-state index is 13.5. The van der Waals surface area contributed by atoms with Crippen molar-refractivity contribution in [2.24, 2.45) is 0 Å². The van der Waals surface area contributed by atoms with Gasteiger partial charge in [0.15, 0.2) is 5.82 Å². The van der Waals surface area contributed by atoms with Gasteiger partial charge in [-0.25, -0.2) is 9.37 Å². The lowest BCUT2D eigenvalue weighted by atomic mass is 10.0. The highest BCUT2D eigenvalue weighted by molar-refractivity contribution is 5.97. The predicted octanol–water partition coefficient (Wildman–Crippen LogP) is 5.84. The first kappa shape index (κ1) is 23.5. The zero-order valence-corrected chi connectivity index (χ0v) is 21.2. The number of halogens is 1. The Morgan fingerprint density at radius 1 is 0.872 bits per heavy atom. The molecule has 9 heteroatoms. The van der Waals surface area contributed by atoms with Crippen molar-refractivity contribution in [1.29, 1.82) is 0 Å². The number of ether oxygens (including phenoxy) is 1. The van der Waals surface area contributed by atoms with Crippen molar-refractivity contribution in [1.82, 2.24) is 35.0 Å². The summed E-state index contributed by atoms with van der Waals surface area (Å²) in [7, 11) is 0. The molecule has 4 aromatic heterocycles. The average Bonchev–Trinajstić information content (AvgIpc) is 3.73. The van der Waals surface area contributed by atoms with Gasteiger partial charge >= 0.3 is 0 Å². The number of aromatic nitrogens is 6. The molecule has 0 amide bonds. The number of fused-ring (bicyclic) bond motifs is 2. The lowest BCUT2D eigenvalue weighted by molar-refractivity contribution is 0.237. The number of nitrogens with zero attached hydrogens (tertiary/aromatic N) is 5. The molecule has 0 spiro atoms. The molecule has 0 unspecified atom stereocenters. The van der Waals surface area contributed by atoms with Gasteiger partial charge in [0.1, 0.15) is 29.4 Å².